The third-order valence-corrected chi connectivity index (χ3v) is 6.02. The molecule has 2 aromatic rings. The Morgan fingerprint density at radius 3 is 2.19 bits per heavy atom. The van der Waals surface area contributed by atoms with Crippen molar-refractivity contribution in [2.75, 3.05) is 11.9 Å². The van der Waals surface area contributed by atoms with Crippen LogP contribution in [0.4, 0.5) is 5.69 Å². The summed E-state index contributed by atoms with van der Waals surface area (Å²) in [5, 5.41) is 2.75. The number of esters is 1. The summed E-state index contributed by atoms with van der Waals surface area (Å²) < 4.78 is 5.17. The summed E-state index contributed by atoms with van der Waals surface area (Å²) in [5.41, 5.74) is -1.78. The Morgan fingerprint density at radius 2 is 1.56 bits per heavy atom. The van der Waals surface area contributed by atoms with Gasteiger partial charge in [-0.1, -0.05) is 42.5 Å². The molecule has 2 aliphatic carbocycles. The van der Waals surface area contributed by atoms with Crippen LogP contribution in [0.15, 0.2) is 48.5 Å². The number of carbonyl (C=O) groups is 4. The minimum Gasteiger partial charge on any atom is -0.466 e. The van der Waals surface area contributed by atoms with E-state index in [-0.39, 0.29) is 17.7 Å². The number of nitrogens with one attached hydrogen (secondary N) is 1. The molecule has 0 bridgehead atoms. The van der Waals surface area contributed by atoms with E-state index in [2.05, 4.69) is 5.32 Å². The molecule has 6 nitrogen and oxygen atoms in total. The van der Waals surface area contributed by atoms with Crippen molar-refractivity contribution in [3.8, 4) is 0 Å². The average Bonchev–Trinajstić information content (AvgIpc) is 3.15. The van der Waals surface area contributed by atoms with Crippen molar-refractivity contribution in [1.29, 1.82) is 0 Å². The molecule has 1 saturated carbocycles. The zero-order chi connectivity index (χ0) is 19.0. The van der Waals surface area contributed by atoms with Crippen LogP contribution in [0.3, 0.4) is 0 Å². The monoisotopic (exact) mass is 361 g/mol. The standard InChI is InChI=1S/C21H15NO5/c1-2-27-18(25)15-20(13-9-5-6-10-14(13)22-19(20)26)21(15)16(23)11-7-3-4-8-12(11)17(21)24/h3-10,15H,2H2,1H3,(H,22,26). The molecule has 1 heterocycles. The van der Waals surface area contributed by atoms with Gasteiger partial charge >= 0.3 is 5.97 Å². The molecule has 1 aliphatic heterocycles. The maximum atomic E-state index is 13.4. The van der Waals surface area contributed by atoms with Crippen molar-refractivity contribution in [3.63, 3.8) is 0 Å². The lowest BCUT2D eigenvalue weighted by Crippen LogP contribution is -2.33. The number of anilines is 1. The van der Waals surface area contributed by atoms with E-state index >= 15 is 0 Å². The van der Waals surface area contributed by atoms with Crippen molar-refractivity contribution in [1.82, 2.24) is 0 Å². The van der Waals surface area contributed by atoms with Gasteiger partial charge in [0.25, 0.3) is 0 Å². The molecule has 2 aromatic carbocycles. The van der Waals surface area contributed by atoms with Gasteiger partial charge in [-0.05, 0) is 18.6 Å². The SMILES string of the molecule is CCOC(=O)C1C2(C(=O)c3ccccc3C2=O)C12C(=O)Nc1ccccc12. The Hall–Kier alpha value is -3.28. The van der Waals surface area contributed by atoms with Gasteiger partial charge in [0.1, 0.15) is 10.8 Å². The molecule has 1 N–H and O–H groups in total. The topological polar surface area (TPSA) is 89.5 Å². The zero-order valence-corrected chi connectivity index (χ0v) is 14.4. The molecule has 3 aliphatic rings. The van der Waals surface area contributed by atoms with Crippen LogP contribution in [-0.4, -0.2) is 30.0 Å². The van der Waals surface area contributed by atoms with Crippen LogP contribution < -0.4 is 5.32 Å². The van der Waals surface area contributed by atoms with Gasteiger partial charge in [0.15, 0.2) is 11.6 Å². The van der Waals surface area contributed by atoms with Gasteiger partial charge in [0, 0.05) is 16.8 Å². The molecule has 5 rings (SSSR count). The summed E-state index contributed by atoms with van der Waals surface area (Å²) in [5.74, 6) is -3.32. The molecule has 6 heteroatoms. The van der Waals surface area contributed by atoms with Gasteiger partial charge in [-0.3, -0.25) is 19.2 Å². The quantitative estimate of drug-likeness (QED) is 0.654. The van der Waals surface area contributed by atoms with E-state index in [9.17, 15) is 19.2 Å². The van der Waals surface area contributed by atoms with Crippen molar-refractivity contribution < 1.29 is 23.9 Å². The van der Waals surface area contributed by atoms with E-state index in [1.165, 1.54) is 0 Å². The summed E-state index contributed by atoms with van der Waals surface area (Å²) in [4.78, 5) is 52.8. The largest absolute Gasteiger partial charge is 0.466 e. The van der Waals surface area contributed by atoms with E-state index in [1.807, 2.05) is 0 Å². The molecule has 27 heavy (non-hydrogen) atoms. The Bertz CT molecular complexity index is 1040. The molecule has 0 aromatic heterocycles. The summed E-state index contributed by atoms with van der Waals surface area (Å²) >= 11 is 0. The number of para-hydroxylation sites is 1. The maximum Gasteiger partial charge on any atom is 0.311 e. The Balaban J connectivity index is 1.80. The predicted octanol–water partition coefficient (Wildman–Crippen LogP) is 2.13. The van der Waals surface area contributed by atoms with Gasteiger partial charge in [-0.15, -0.1) is 0 Å². The first-order valence-electron chi connectivity index (χ1n) is 8.79. The lowest BCUT2D eigenvalue weighted by Gasteiger charge is -2.12. The second-order valence-corrected chi connectivity index (χ2v) is 7.00. The first kappa shape index (κ1) is 15.9. The highest BCUT2D eigenvalue weighted by Crippen LogP contribution is 2.77. The number of ether oxygens (including phenoxy) is 1. The lowest BCUT2D eigenvalue weighted by molar-refractivity contribution is -0.146. The first-order chi connectivity index (χ1) is 13.0. The summed E-state index contributed by atoms with van der Waals surface area (Å²) in [6.45, 7) is 1.75. The van der Waals surface area contributed by atoms with Crippen LogP contribution in [0.25, 0.3) is 0 Å². The molecule has 2 atom stereocenters. The van der Waals surface area contributed by atoms with E-state index in [0.29, 0.717) is 11.3 Å². The molecule has 0 radical (unpaired) electrons. The molecular formula is C21H15NO5. The Morgan fingerprint density at radius 1 is 0.963 bits per heavy atom. The number of hydrogen-bond donors (Lipinski definition) is 1. The Labute approximate surface area is 154 Å². The first-order valence-corrected chi connectivity index (χ1v) is 8.79. The van der Waals surface area contributed by atoms with Crippen LogP contribution in [0, 0.1) is 11.3 Å². The van der Waals surface area contributed by atoms with Crippen LogP contribution in [-0.2, 0) is 19.7 Å². The van der Waals surface area contributed by atoms with Crippen molar-refractivity contribution in [2.45, 2.75) is 12.3 Å². The minimum absolute atomic E-state index is 0.0973. The molecule has 1 amide bonds. The van der Waals surface area contributed by atoms with E-state index < -0.39 is 40.2 Å². The van der Waals surface area contributed by atoms with E-state index in [0.717, 1.165) is 0 Å². The number of fused-ring (bicyclic) bond motifs is 4. The normalized spacial score (nSPS) is 26.1. The number of carbonyl (C=O) groups excluding carboxylic acids is 4. The molecule has 2 spiro atoms. The highest BCUT2D eigenvalue weighted by Gasteiger charge is 2.93. The van der Waals surface area contributed by atoms with Gasteiger partial charge in [-0.25, -0.2) is 0 Å². The fourth-order valence-corrected chi connectivity index (χ4v) is 5.04. The summed E-state index contributed by atoms with van der Waals surface area (Å²) in [6, 6.07) is 13.3. The number of amides is 1. The molecular weight excluding hydrogens is 346 g/mol. The molecule has 0 saturated heterocycles. The smallest absolute Gasteiger partial charge is 0.311 e. The highest BCUT2D eigenvalue weighted by molar-refractivity contribution is 6.40. The molecule has 1 fully saturated rings. The van der Waals surface area contributed by atoms with Gasteiger partial charge < -0.3 is 10.1 Å². The van der Waals surface area contributed by atoms with E-state index in [4.69, 9.17) is 4.74 Å². The predicted molar refractivity (Wildman–Crippen MR) is 94.4 cm³/mol. The van der Waals surface area contributed by atoms with Crippen molar-refractivity contribution >= 4 is 29.1 Å². The molecule has 2 unspecified atom stereocenters. The van der Waals surface area contributed by atoms with Gasteiger partial charge in [0.05, 0.1) is 12.5 Å². The second-order valence-electron chi connectivity index (χ2n) is 7.00. The zero-order valence-electron chi connectivity index (χ0n) is 14.4. The second kappa shape index (κ2) is 4.91. The number of ketones is 2. The summed E-state index contributed by atoms with van der Waals surface area (Å²) in [7, 11) is 0. The van der Waals surface area contributed by atoms with Crippen molar-refractivity contribution in [3.05, 3.63) is 65.2 Å². The number of rotatable bonds is 2. The summed E-state index contributed by atoms with van der Waals surface area (Å²) in [6.07, 6.45) is 0. The number of Topliss-reactive ketones (excluding diaryl/α,β-unsaturated/α-hetero) is 2. The van der Waals surface area contributed by atoms with Gasteiger partial charge in [-0.2, -0.15) is 0 Å². The Kier molecular flexibility index (Phi) is 2.90. The van der Waals surface area contributed by atoms with Crippen molar-refractivity contribution in [2.24, 2.45) is 11.3 Å². The highest BCUT2D eigenvalue weighted by atomic mass is 16.5. The lowest BCUT2D eigenvalue weighted by atomic mass is 9.84. The third-order valence-electron chi connectivity index (χ3n) is 6.02. The van der Waals surface area contributed by atoms with Crippen LogP contribution in [0.2, 0.25) is 0 Å². The van der Waals surface area contributed by atoms with E-state index in [1.54, 1.807) is 55.5 Å². The fourth-order valence-electron chi connectivity index (χ4n) is 5.04. The fraction of sp³-hybridized carbons (Fsp3) is 0.238. The van der Waals surface area contributed by atoms with Crippen LogP contribution >= 0.6 is 0 Å². The van der Waals surface area contributed by atoms with Crippen LogP contribution in [0.5, 0.6) is 0 Å². The third kappa shape index (κ3) is 1.50. The molecule has 134 valence electrons. The minimum atomic E-state index is -1.76. The average molecular weight is 361 g/mol. The number of benzene rings is 2. The van der Waals surface area contributed by atoms with Gasteiger partial charge in [0.2, 0.25) is 5.91 Å². The number of hydrogen-bond acceptors (Lipinski definition) is 5. The van der Waals surface area contributed by atoms with Crippen LogP contribution in [0.1, 0.15) is 33.2 Å². The maximum absolute atomic E-state index is 13.4.